The zero-order chi connectivity index (χ0) is 18.1. The number of nitriles is 1. The number of carbonyl (C=O) groups is 1. The molecule has 0 bridgehead atoms. The largest absolute Gasteiger partial charge is 0.462 e. The summed E-state index contributed by atoms with van der Waals surface area (Å²) in [5.41, 5.74) is 2.40. The van der Waals surface area contributed by atoms with Gasteiger partial charge in [0.25, 0.3) is 0 Å². The molecule has 0 spiro atoms. The minimum atomic E-state index is -0.335. The molecule has 0 aliphatic heterocycles. The number of ether oxygens (including phenoxy) is 1. The quantitative estimate of drug-likeness (QED) is 0.382. The van der Waals surface area contributed by atoms with E-state index in [2.05, 4.69) is 33.0 Å². The second-order valence-electron chi connectivity index (χ2n) is 5.48. The summed E-state index contributed by atoms with van der Waals surface area (Å²) in [5.74, 6) is -0.335. The molecular formula is C18H15BrN2O2S2. The predicted octanol–water partition coefficient (Wildman–Crippen LogP) is 5.84. The van der Waals surface area contributed by atoms with Gasteiger partial charge in [0.1, 0.15) is 16.0 Å². The molecule has 3 rings (SSSR count). The maximum absolute atomic E-state index is 12.0. The highest BCUT2D eigenvalue weighted by molar-refractivity contribution is 9.09. The number of carbonyl (C=O) groups excluding carboxylic acids is 1. The summed E-state index contributed by atoms with van der Waals surface area (Å²) in [7, 11) is 0. The molecule has 0 amide bonds. The van der Waals surface area contributed by atoms with Crippen molar-refractivity contribution in [3.05, 3.63) is 39.9 Å². The standard InChI is InChI=1S/C18H15BrN2O2S2/c1-4-23-18(22)15-10(3)21-17(25-15)14-7-12-5-11(9(2)19)6-13(8-20)16(12)24-14/h5-7,9H,4H2,1-3H3. The van der Waals surface area contributed by atoms with Gasteiger partial charge in [0.05, 0.1) is 27.4 Å². The van der Waals surface area contributed by atoms with Gasteiger partial charge in [0.15, 0.2) is 0 Å². The second kappa shape index (κ2) is 7.24. The average Bonchev–Trinajstić information content (AvgIpc) is 3.17. The number of alkyl halides is 1. The zero-order valence-corrected chi connectivity index (χ0v) is 17.1. The van der Waals surface area contributed by atoms with Gasteiger partial charge < -0.3 is 4.74 Å². The van der Waals surface area contributed by atoms with Gasteiger partial charge in [-0.1, -0.05) is 15.9 Å². The van der Waals surface area contributed by atoms with E-state index in [0.717, 1.165) is 25.5 Å². The first-order chi connectivity index (χ1) is 11.9. The number of nitrogens with zero attached hydrogens (tertiary/aromatic N) is 2. The second-order valence-corrected chi connectivity index (χ2v) is 8.90. The average molecular weight is 435 g/mol. The van der Waals surface area contributed by atoms with Crippen LogP contribution in [0.4, 0.5) is 0 Å². The number of esters is 1. The van der Waals surface area contributed by atoms with Crippen LogP contribution in [0.3, 0.4) is 0 Å². The van der Waals surface area contributed by atoms with Crippen molar-refractivity contribution in [3.8, 4) is 16.0 Å². The smallest absolute Gasteiger partial charge is 0.350 e. The fourth-order valence-corrected chi connectivity index (χ4v) is 4.86. The van der Waals surface area contributed by atoms with Crippen LogP contribution in [0.15, 0.2) is 18.2 Å². The van der Waals surface area contributed by atoms with Gasteiger partial charge in [0.2, 0.25) is 0 Å². The van der Waals surface area contributed by atoms with Gasteiger partial charge in [-0.15, -0.1) is 22.7 Å². The molecule has 0 radical (unpaired) electrons. The van der Waals surface area contributed by atoms with E-state index in [1.54, 1.807) is 6.92 Å². The maximum Gasteiger partial charge on any atom is 0.350 e. The number of rotatable bonds is 4. The molecule has 2 heterocycles. The first-order valence-corrected chi connectivity index (χ1v) is 10.3. The molecular weight excluding hydrogens is 420 g/mol. The Morgan fingerprint density at radius 1 is 1.40 bits per heavy atom. The van der Waals surface area contributed by atoms with Crippen LogP contribution in [0, 0.1) is 18.3 Å². The SMILES string of the molecule is CCOC(=O)c1sc(-c2cc3cc(C(C)Br)cc(C#N)c3s2)nc1C. The van der Waals surface area contributed by atoms with Crippen molar-refractivity contribution >= 4 is 54.7 Å². The van der Waals surface area contributed by atoms with Crippen molar-refractivity contribution in [1.82, 2.24) is 4.98 Å². The lowest BCUT2D eigenvalue weighted by molar-refractivity contribution is 0.0531. The van der Waals surface area contributed by atoms with Crippen LogP contribution in [0.25, 0.3) is 20.0 Å². The molecule has 4 nitrogen and oxygen atoms in total. The highest BCUT2D eigenvalue weighted by atomic mass is 79.9. The normalized spacial score (nSPS) is 12.1. The van der Waals surface area contributed by atoms with Crippen molar-refractivity contribution in [2.75, 3.05) is 6.61 Å². The fourth-order valence-electron chi connectivity index (χ4n) is 2.48. The Bertz CT molecular complexity index is 999. The molecule has 25 heavy (non-hydrogen) atoms. The number of aromatic nitrogens is 1. The minimum absolute atomic E-state index is 0.171. The first kappa shape index (κ1) is 18.1. The van der Waals surface area contributed by atoms with Crippen LogP contribution in [-0.4, -0.2) is 17.6 Å². The van der Waals surface area contributed by atoms with Gasteiger partial charge >= 0.3 is 5.97 Å². The Kier molecular flexibility index (Phi) is 5.23. The fraction of sp³-hybridized carbons (Fsp3) is 0.278. The predicted molar refractivity (Wildman–Crippen MR) is 106 cm³/mol. The van der Waals surface area contributed by atoms with Crippen LogP contribution in [0.1, 0.15) is 45.2 Å². The van der Waals surface area contributed by atoms with Crippen LogP contribution in [0.2, 0.25) is 0 Å². The van der Waals surface area contributed by atoms with Gasteiger partial charge in [-0.2, -0.15) is 5.26 Å². The summed E-state index contributed by atoms with van der Waals surface area (Å²) >= 11 is 6.42. The van der Waals surface area contributed by atoms with E-state index >= 15 is 0 Å². The summed E-state index contributed by atoms with van der Waals surface area (Å²) < 4.78 is 6.03. The number of aryl methyl sites for hydroxylation is 1. The first-order valence-electron chi connectivity index (χ1n) is 7.71. The summed E-state index contributed by atoms with van der Waals surface area (Å²) in [5, 5.41) is 11.3. The van der Waals surface area contributed by atoms with Gasteiger partial charge in [-0.3, -0.25) is 0 Å². The molecule has 0 N–H and O–H groups in total. The maximum atomic E-state index is 12.0. The number of thiazole rings is 1. The lowest BCUT2D eigenvalue weighted by atomic mass is 10.1. The topological polar surface area (TPSA) is 63.0 Å². The monoisotopic (exact) mass is 434 g/mol. The van der Waals surface area contributed by atoms with Crippen molar-refractivity contribution in [1.29, 1.82) is 5.26 Å². The lowest BCUT2D eigenvalue weighted by Gasteiger charge is -2.04. The molecule has 0 fully saturated rings. The van der Waals surface area contributed by atoms with E-state index < -0.39 is 0 Å². The zero-order valence-electron chi connectivity index (χ0n) is 13.9. The Hall–Kier alpha value is -1.75. The van der Waals surface area contributed by atoms with Crippen LogP contribution in [-0.2, 0) is 4.74 Å². The molecule has 0 saturated heterocycles. The summed E-state index contributed by atoms with van der Waals surface area (Å²) in [4.78, 5) is 18.2. The third-order valence-corrected chi connectivity index (χ3v) is 6.71. The number of halogens is 1. The third-order valence-electron chi connectivity index (χ3n) is 3.69. The molecule has 7 heteroatoms. The van der Waals surface area contributed by atoms with Gasteiger partial charge in [-0.05, 0) is 49.9 Å². The molecule has 0 saturated carbocycles. The molecule has 1 atom stereocenters. The van der Waals surface area contributed by atoms with E-state index in [0.29, 0.717) is 22.7 Å². The molecule has 1 unspecified atom stereocenters. The highest BCUT2D eigenvalue weighted by Crippen LogP contribution is 2.40. The van der Waals surface area contributed by atoms with E-state index in [1.807, 2.05) is 26.0 Å². The Balaban J connectivity index is 2.10. The lowest BCUT2D eigenvalue weighted by Crippen LogP contribution is -2.03. The molecule has 3 aromatic rings. The molecule has 0 aliphatic rings. The van der Waals surface area contributed by atoms with Crippen molar-refractivity contribution in [2.24, 2.45) is 0 Å². The van der Waals surface area contributed by atoms with Crippen LogP contribution in [0.5, 0.6) is 0 Å². The number of thiophene rings is 1. The molecule has 0 aliphatic carbocycles. The van der Waals surface area contributed by atoms with E-state index in [-0.39, 0.29) is 10.8 Å². The summed E-state index contributed by atoms with van der Waals surface area (Å²) in [6, 6.07) is 8.32. The molecule has 1 aromatic carbocycles. The number of benzene rings is 1. The van der Waals surface area contributed by atoms with Crippen LogP contribution >= 0.6 is 38.6 Å². The van der Waals surface area contributed by atoms with Gasteiger partial charge in [0, 0.05) is 4.83 Å². The van der Waals surface area contributed by atoms with E-state index in [9.17, 15) is 10.1 Å². The number of fused-ring (bicyclic) bond motifs is 1. The third kappa shape index (κ3) is 3.47. The Morgan fingerprint density at radius 2 is 2.16 bits per heavy atom. The van der Waals surface area contributed by atoms with E-state index in [4.69, 9.17) is 4.74 Å². The molecule has 128 valence electrons. The number of hydrogen-bond acceptors (Lipinski definition) is 6. The van der Waals surface area contributed by atoms with Crippen LogP contribution < -0.4 is 0 Å². The summed E-state index contributed by atoms with van der Waals surface area (Å²) in [6.07, 6.45) is 0. The minimum Gasteiger partial charge on any atom is -0.462 e. The summed E-state index contributed by atoms with van der Waals surface area (Å²) in [6.45, 7) is 5.97. The van der Waals surface area contributed by atoms with Crippen molar-refractivity contribution in [3.63, 3.8) is 0 Å². The Labute approximate surface area is 162 Å². The van der Waals surface area contributed by atoms with Crippen molar-refractivity contribution < 1.29 is 9.53 Å². The van der Waals surface area contributed by atoms with Gasteiger partial charge in [-0.25, -0.2) is 9.78 Å². The molecule has 2 aromatic heterocycles. The van der Waals surface area contributed by atoms with Crippen molar-refractivity contribution in [2.45, 2.75) is 25.6 Å². The Morgan fingerprint density at radius 3 is 2.80 bits per heavy atom. The highest BCUT2D eigenvalue weighted by Gasteiger charge is 2.19. The van der Waals surface area contributed by atoms with E-state index in [1.165, 1.54) is 22.7 Å². The number of hydrogen-bond donors (Lipinski definition) is 0.